The first-order valence-corrected chi connectivity index (χ1v) is 11.7. The van der Waals surface area contributed by atoms with Crippen molar-refractivity contribution in [2.45, 2.75) is 39.0 Å². The van der Waals surface area contributed by atoms with Crippen LogP contribution in [0.25, 0.3) is 22.6 Å². The lowest BCUT2D eigenvalue weighted by Crippen LogP contribution is -2.23. The third-order valence-electron chi connectivity index (χ3n) is 5.26. The van der Waals surface area contributed by atoms with E-state index < -0.39 is 0 Å². The van der Waals surface area contributed by atoms with Crippen LogP contribution in [0.5, 0.6) is 5.75 Å². The monoisotopic (exact) mass is 464 g/mol. The van der Waals surface area contributed by atoms with E-state index in [1.54, 1.807) is 24.3 Å². The van der Waals surface area contributed by atoms with E-state index >= 15 is 0 Å². The summed E-state index contributed by atoms with van der Waals surface area (Å²) in [5.41, 5.74) is 2.71. The van der Waals surface area contributed by atoms with Gasteiger partial charge >= 0.3 is 0 Å². The molecule has 0 N–H and O–H groups in total. The molecule has 0 spiro atoms. The Morgan fingerprint density at radius 3 is 2.33 bits per heavy atom. The number of hydrogen-bond donors (Lipinski definition) is 0. The summed E-state index contributed by atoms with van der Waals surface area (Å²) < 4.78 is 12.2. The average Bonchev–Trinajstić information content (AvgIpc) is 3.45. The summed E-state index contributed by atoms with van der Waals surface area (Å²) in [6.45, 7) is 2.87. The molecule has 1 saturated heterocycles. The van der Waals surface area contributed by atoms with Crippen molar-refractivity contribution in [1.82, 2.24) is 9.46 Å². The van der Waals surface area contributed by atoms with E-state index in [-0.39, 0.29) is 29.8 Å². The van der Waals surface area contributed by atoms with Gasteiger partial charge in [0.1, 0.15) is 11.4 Å². The van der Waals surface area contributed by atoms with E-state index in [1.165, 1.54) is 0 Å². The van der Waals surface area contributed by atoms with Gasteiger partial charge in [0.2, 0.25) is 16.9 Å². The SMILES string of the molecule is CCCCCOc1ccc(-c2cc(-c3ccc(C(=O)SN4C(=O)CCC4=O)cc3)no2)cc1. The van der Waals surface area contributed by atoms with Gasteiger partial charge in [-0.2, -0.15) is 0 Å². The largest absolute Gasteiger partial charge is 0.494 e. The molecular weight excluding hydrogens is 440 g/mol. The number of carbonyl (C=O) groups is 3. The van der Waals surface area contributed by atoms with Crippen LogP contribution in [-0.2, 0) is 9.59 Å². The van der Waals surface area contributed by atoms with E-state index in [2.05, 4.69) is 12.1 Å². The number of imide groups is 1. The maximum absolute atomic E-state index is 12.4. The van der Waals surface area contributed by atoms with E-state index in [9.17, 15) is 14.4 Å². The second kappa shape index (κ2) is 10.5. The molecule has 33 heavy (non-hydrogen) atoms. The van der Waals surface area contributed by atoms with Crippen molar-refractivity contribution in [1.29, 1.82) is 0 Å². The highest BCUT2D eigenvalue weighted by Crippen LogP contribution is 2.29. The number of ether oxygens (including phenoxy) is 1. The molecule has 3 aromatic rings. The van der Waals surface area contributed by atoms with Crippen LogP contribution in [0.4, 0.5) is 0 Å². The fourth-order valence-electron chi connectivity index (χ4n) is 3.38. The van der Waals surface area contributed by atoms with Gasteiger partial charge in [-0.1, -0.05) is 37.1 Å². The first kappa shape index (κ1) is 22.8. The van der Waals surface area contributed by atoms with Crippen LogP contribution in [0.1, 0.15) is 49.4 Å². The molecule has 0 radical (unpaired) electrons. The number of aromatic nitrogens is 1. The molecule has 1 aliphatic rings. The average molecular weight is 465 g/mol. The Labute approximate surface area is 196 Å². The third-order valence-corrected chi connectivity index (χ3v) is 6.25. The van der Waals surface area contributed by atoms with Crippen LogP contribution >= 0.6 is 11.9 Å². The van der Waals surface area contributed by atoms with Crippen LogP contribution in [0.3, 0.4) is 0 Å². The highest BCUT2D eigenvalue weighted by atomic mass is 32.2. The molecule has 170 valence electrons. The van der Waals surface area contributed by atoms with Gasteiger partial charge in [-0.25, -0.2) is 4.31 Å². The van der Waals surface area contributed by atoms with Crippen LogP contribution in [0, 0.1) is 0 Å². The minimum atomic E-state index is -0.358. The highest BCUT2D eigenvalue weighted by Gasteiger charge is 2.32. The van der Waals surface area contributed by atoms with Gasteiger partial charge in [0.05, 0.1) is 6.61 Å². The number of benzene rings is 2. The quantitative estimate of drug-likeness (QED) is 0.234. The van der Waals surface area contributed by atoms with Gasteiger partial charge in [-0.15, -0.1) is 0 Å². The molecule has 7 nitrogen and oxygen atoms in total. The maximum atomic E-state index is 12.4. The van der Waals surface area contributed by atoms with Crippen molar-refractivity contribution >= 4 is 28.9 Å². The Morgan fingerprint density at radius 2 is 1.67 bits per heavy atom. The Hall–Kier alpha value is -3.39. The molecule has 0 saturated carbocycles. The summed E-state index contributed by atoms with van der Waals surface area (Å²) in [6, 6.07) is 16.3. The highest BCUT2D eigenvalue weighted by molar-refractivity contribution is 8.13. The summed E-state index contributed by atoms with van der Waals surface area (Å²) >= 11 is 0.639. The smallest absolute Gasteiger partial charge is 0.240 e. The molecule has 1 aromatic heterocycles. The summed E-state index contributed by atoms with van der Waals surface area (Å²) in [5, 5.41) is 3.78. The van der Waals surface area contributed by atoms with Crippen molar-refractivity contribution in [2.75, 3.05) is 6.61 Å². The fourth-order valence-corrected chi connectivity index (χ4v) is 4.17. The van der Waals surface area contributed by atoms with E-state index in [1.807, 2.05) is 30.3 Å². The topological polar surface area (TPSA) is 89.7 Å². The molecule has 2 amide bonds. The van der Waals surface area contributed by atoms with Crippen LogP contribution in [0.15, 0.2) is 59.1 Å². The number of hydrogen-bond acceptors (Lipinski definition) is 7. The van der Waals surface area contributed by atoms with Crippen LogP contribution < -0.4 is 4.74 Å². The minimum Gasteiger partial charge on any atom is -0.494 e. The molecule has 0 atom stereocenters. The maximum Gasteiger partial charge on any atom is 0.240 e. The lowest BCUT2D eigenvalue weighted by atomic mass is 10.1. The Morgan fingerprint density at radius 1 is 1.00 bits per heavy atom. The number of amides is 2. The Balaban J connectivity index is 1.38. The summed E-state index contributed by atoms with van der Waals surface area (Å²) in [5.74, 6) is 0.789. The molecule has 1 aliphatic heterocycles. The van der Waals surface area contributed by atoms with Gasteiger partial charge in [-0.05, 0) is 42.8 Å². The molecular formula is C25H24N2O5S. The number of rotatable bonds is 9. The van der Waals surface area contributed by atoms with Crippen LogP contribution in [-0.4, -0.2) is 33.0 Å². The third kappa shape index (κ3) is 5.51. The second-order valence-electron chi connectivity index (χ2n) is 7.69. The zero-order valence-electron chi connectivity index (χ0n) is 18.3. The summed E-state index contributed by atoms with van der Waals surface area (Å²) in [7, 11) is 0. The van der Waals surface area contributed by atoms with E-state index in [0.717, 1.165) is 40.4 Å². The van der Waals surface area contributed by atoms with Crippen molar-refractivity contribution in [3.8, 4) is 28.3 Å². The fraction of sp³-hybridized carbons (Fsp3) is 0.280. The summed E-state index contributed by atoms with van der Waals surface area (Å²) in [4.78, 5) is 35.8. The van der Waals surface area contributed by atoms with Crippen molar-refractivity contribution < 1.29 is 23.6 Å². The Kier molecular flexibility index (Phi) is 7.24. The predicted molar refractivity (Wildman–Crippen MR) is 125 cm³/mol. The normalized spacial score (nSPS) is 13.5. The van der Waals surface area contributed by atoms with E-state index in [4.69, 9.17) is 9.26 Å². The molecule has 0 aliphatic carbocycles. The lowest BCUT2D eigenvalue weighted by molar-refractivity contribution is -0.131. The predicted octanol–water partition coefficient (Wildman–Crippen LogP) is 5.52. The Bertz CT molecular complexity index is 1120. The molecule has 2 aromatic carbocycles. The minimum absolute atomic E-state index is 0.154. The van der Waals surface area contributed by atoms with Gasteiger partial charge in [0.25, 0.3) is 0 Å². The summed E-state index contributed by atoms with van der Waals surface area (Å²) in [6.07, 6.45) is 3.67. The molecule has 4 rings (SSSR count). The van der Waals surface area contributed by atoms with Gasteiger partial charge in [0.15, 0.2) is 5.76 Å². The first-order valence-electron chi connectivity index (χ1n) is 10.9. The van der Waals surface area contributed by atoms with Gasteiger partial charge in [-0.3, -0.25) is 14.4 Å². The molecule has 2 heterocycles. The molecule has 0 bridgehead atoms. The lowest BCUT2D eigenvalue weighted by Gasteiger charge is -2.10. The number of nitrogens with zero attached hydrogens (tertiary/aromatic N) is 2. The number of carbonyl (C=O) groups excluding carboxylic acids is 3. The van der Waals surface area contributed by atoms with Crippen molar-refractivity contribution in [3.05, 3.63) is 60.2 Å². The van der Waals surface area contributed by atoms with Crippen LogP contribution in [0.2, 0.25) is 0 Å². The zero-order valence-corrected chi connectivity index (χ0v) is 19.1. The van der Waals surface area contributed by atoms with Crippen molar-refractivity contribution in [2.24, 2.45) is 0 Å². The molecule has 1 fully saturated rings. The van der Waals surface area contributed by atoms with Crippen molar-refractivity contribution in [3.63, 3.8) is 0 Å². The standard InChI is InChI=1S/C25H24N2O5S/c1-2-3-4-15-31-20-11-9-18(10-12-20)22-16-21(26-32-22)17-5-7-19(8-6-17)25(30)33-27-23(28)13-14-24(27)29/h5-12,16H,2-4,13-15H2,1H3. The first-order chi connectivity index (χ1) is 16.0. The molecule has 8 heteroatoms. The van der Waals surface area contributed by atoms with Gasteiger partial charge < -0.3 is 9.26 Å². The number of unbranched alkanes of at least 4 members (excludes halogenated alkanes) is 2. The second-order valence-corrected chi connectivity index (χ2v) is 8.61. The van der Waals surface area contributed by atoms with E-state index in [0.29, 0.717) is 35.6 Å². The zero-order chi connectivity index (χ0) is 23.2. The molecule has 0 unspecified atom stereocenters. The van der Waals surface area contributed by atoms with Gasteiger partial charge in [0, 0.05) is 47.5 Å².